The van der Waals surface area contributed by atoms with Gasteiger partial charge < -0.3 is 15.3 Å². The lowest BCUT2D eigenvalue weighted by molar-refractivity contribution is 0.152. The molecule has 0 amide bonds. The van der Waals surface area contributed by atoms with Crippen LogP contribution in [0.2, 0.25) is 0 Å². The number of anilines is 2. The van der Waals surface area contributed by atoms with E-state index in [2.05, 4.69) is 15.3 Å². The zero-order chi connectivity index (χ0) is 14.3. The molecule has 0 unspecified atom stereocenters. The molecule has 8 heteroatoms. The van der Waals surface area contributed by atoms with Crippen LogP contribution in [0.5, 0.6) is 0 Å². The van der Waals surface area contributed by atoms with Crippen molar-refractivity contribution < 1.29 is 18.3 Å². The third-order valence-electron chi connectivity index (χ3n) is 2.29. The number of halogens is 3. The van der Waals surface area contributed by atoms with E-state index in [0.717, 1.165) is 17.5 Å². The molecule has 0 aromatic carbocycles. The first-order valence-corrected chi connectivity index (χ1v) is 5.98. The van der Waals surface area contributed by atoms with Crippen LogP contribution in [-0.2, 0) is 0 Å². The lowest BCUT2D eigenvalue weighted by Gasteiger charge is -2.22. The minimum absolute atomic E-state index is 0.120. The van der Waals surface area contributed by atoms with Gasteiger partial charge in [0.25, 0.3) is 6.43 Å². The Bertz CT molecular complexity index is 392. The maximum absolute atomic E-state index is 13.6. The van der Waals surface area contributed by atoms with Gasteiger partial charge in [0.05, 0.1) is 19.3 Å². The molecule has 5 nitrogen and oxygen atoms in total. The number of alkyl halides is 2. The average molecular weight is 278 g/mol. The highest BCUT2D eigenvalue weighted by molar-refractivity contribution is 5.44. The summed E-state index contributed by atoms with van der Waals surface area (Å²) in [5, 5.41) is 11.7. The van der Waals surface area contributed by atoms with E-state index < -0.39 is 18.8 Å². The molecule has 1 heterocycles. The number of aliphatic hydroxyl groups excluding tert-OH is 1. The van der Waals surface area contributed by atoms with E-state index >= 15 is 0 Å². The minimum Gasteiger partial charge on any atom is -0.395 e. The van der Waals surface area contributed by atoms with Crippen LogP contribution in [-0.4, -0.2) is 47.7 Å². The van der Waals surface area contributed by atoms with Crippen LogP contribution in [0.3, 0.4) is 0 Å². The van der Waals surface area contributed by atoms with E-state index in [-0.39, 0.29) is 24.9 Å². The predicted molar refractivity (Wildman–Crippen MR) is 66.1 cm³/mol. The van der Waals surface area contributed by atoms with Gasteiger partial charge in [-0.25, -0.2) is 18.2 Å². The van der Waals surface area contributed by atoms with Crippen LogP contribution in [0, 0.1) is 5.82 Å². The number of rotatable bonds is 8. The van der Waals surface area contributed by atoms with Crippen molar-refractivity contribution in [2.45, 2.75) is 19.8 Å². The molecule has 0 aliphatic heterocycles. The quantitative estimate of drug-likeness (QED) is 0.754. The molecule has 19 heavy (non-hydrogen) atoms. The molecule has 0 saturated carbocycles. The van der Waals surface area contributed by atoms with Crippen LogP contribution in [0.25, 0.3) is 0 Å². The Balaban J connectivity index is 2.92. The molecule has 0 aliphatic carbocycles. The van der Waals surface area contributed by atoms with Crippen LogP contribution >= 0.6 is 0 Å². The summed E-state index contributed by atoms with van der Waals surface area (Å²) in [6.45, 7) is 1.35. The summed E-state index contributed by atoms with van der Waals surface area (Å²) in [6, 6.07) is 0. The van der Waals surface area contributed by atoms with Crippen LogP contribution in [0.1, 0.15) is 13.3 Å². The Hall–Kier alpha value is -1.57. The second kappa shape index (κ2) is 7.78. The normalized spacial score (nSPS) is 10.8. The van der Waals surface area contributed by atoms with Gasteiger partial charge in [-0.1, -0.05) is 6.92 Å². The zero-order valence-corrected chi connectivity index (χ0v) is 10.6. The second-order valence-corrected chi connectivity index (χ2v) is 3.85. The van der Waals surface area contributed by atoms with Crippen molar-refractivity contribution in [3.05, 3.63) is 12.0 Å². The van der Waals surface area contributed by atoms with Crippen molar-refractivity contribution in [1.29, 1.82) is 0 Å². The van der Waals surface area contributed by atoms with E-state index in [1.807, 2.05) is 6.92 Å². The Morgan fingerprint density at radius 1 is 1.47 bits per heavy atom. The number of hydrogen-bond donors (Lipinski definition) is 2. The minimum atomic E-state index is -2.65. The summed E-state index contributed by atoms with van der Waals surface area (Å²) >= 11 is 0. The fraction of sp³-hybridized carbons (Fsp3) is 0.636. The van der Waals surface area contributed by atoms with Crippen LogP contribution < -0.4 is 10.2 Å². The molecular formula is C11H17F3N4O. The Morgan fingerprint density at radius 2 is 2.21 bits per heavy atom. The third-order valence-corrected chi connectivity index (χ3v) is 2.29. The SMILES string of the molecule is CCCNc1ncc(F)c(N(CCO)CC(F)F)n1. The third kappa shape index (κ3) is 4.90. The van der Waals surface area contributed by atoms with Crippen molar-refractivity contribution >= 4 is 11.8 Å². The maximum Gasteiger partial charge on any atom is 0.255 e. The molecule has 2 N–H and O–H groups in total. The van der Waals surface area contributed by atoms with Gasteiger partial charge in [-0.15, -0.1) is 0 Å². The summed E-state index contributed by atoms with van der Waals surface area (Å²) in [7, 11) is 0. The van der Waals surface area contributed by atoms with Gasteiger partial charge in [0.15, 0.2) is 11.6 Å². The van der Waals surface area contributed by atoms with Crippen molar-refractivity contribution in [2.24, 2.45) is 0 Å². The number of aliphatic hydroxyl groups is 1. The summed E-state index contributed by atoms with van der Waals surface area (Å²) in [4.78, 5) is 8.59. The fourth-order valence-electron chi connectivity index (χ4n) is 1.47. The fourth-order valence-corrected chi connectivity index (χ4v) is 1.47. The van der Waals surface area contributed by atoms with Gasteiger partial charge in [-0.3, -0.25) is 0 Å². The predicted octanol–water partition coefficient (Wildman–Crippen LogP) is 1.50. The summed E-state index contributed by atoms with van der Waals surface area (Å²) in [5.74, 6) is -0.852. The molecule has 1 aromatic heterocycles. The molecule has 1 aromatic rings. The van der Waals surface area contributed by atoms with E-state index in [9.17, 15) is 13.2 Å². The monoisotopic (exact) mass is 278 g/mol. The van der Waals surface area contributed by atoms with Gasteiger partial charge in [0.1, 0.15) is 0 Å². The first kappa shape index (κ1) is 15.5. The lowest BCUT2D eigenvalue weighted by atomic mass is 10.4. The second-order valence-electron chi connectivity index (χ2n) is 3.85. The van der Waals surface area contributed by atoms with Crippen molar-refractivity contribution in [3.63, 3.8) is 0 Å². The van der Waals surface area contributed by atoms with Gasteiger partial charge >= 0.3 is 0 Å². The molecule has 1 rings (SSSR count). The van der Waals surface area contributed by atoms with E-state index in [1.165, 1.54) is 0 Å². The number of aromatic nitrogens is 2. The van der Waals surface area contributed by atoms with Crippen molar-refractivity contribution in [3.8, 4) is 0 Å². The largest absolute Gasteiger partial charge is 0.395 e. The molecule has 0 atom stereocenters. The smallest absolute Gasteiger partial charge is 0.255 e. The highest BCUT2D eigenvalue weighted by Crippen LogP contribution is 2.18. The standard InChI is InChI=1S/C11H17F3N4O/c1-2-3-15-11-16-6-8(12)10(17-11)18(4-5-19)7-9(13)14/h6,9,19H,2-5,7H2,1H3,(H,15,16,17). The van der Waals surface area contributed by atoms with E-state index in [4.69, 9.17) is 5.11 Å². The van der Waals surface area contributed by atoms with Crippen molar-refractivity contribution in [2.75, 3.05) is 36.5 Å². The molecule has 0 spiro atoms. The maximum atomic E-state index is 13.6. The van der Waals surface area contributed by atoms with Gasteiger partial charge in [0.2, 0.25) is 5.95 Å². The zero-order valence-electron chi connectivity index (χ0n) is 10.6. The molecule has 0 aliphatic rings. The Labute approximate surface area is 109 Å². The molecule has 0 radical (unpaired) electrons. The van der Waals surface area contributed by atoms with Crippen LogP contribution in [0.15, 0.2) is 6.20 Å². The van der Waals surface area contributed by atoms with Crippen LogP contribution in [0.4, 0.5) is 24.9 Å². The average Bonchev–Trinajstić information content (AvgIpc) is 2.37. The van der Waals surface area contributed by atoms with Gasteiger partial charge in [-0.05, 0) is 6.42 Å². The molecule has 108 valence electrons. The highest BCUT2D eigenvalue weighted by Gasteiger charge is 2.18. The summed E-state index contributed by atoms with van der Waals surface area (Å²) in [5.41, 5.74) is 0. The van der Waals surface area contributed by atoms with E-state index in [1.54, 1.807) is 0 Å². The first-order chi connectivity index (χ1) is 9.08. The summed E-state index contributed by atoms with van der Waals surface area (Å²) < 4.78 is 38.4. The molecule has 0 bridgehead atoms. The highest BCUT2D eigenvalue weighted by atomic mass is 19.3. The van der Waals surface area contributed by atoms with Gasteiger partial charge in [-0.2, -0.15) is 4.98 Å². The van der Waals surface area contributed by atoms with Crippen molar-refractivity contribution in [1.82, 2.24) is 9.97 Å². The topological polar surface area (TPSA) is 61.3 Å². The number of nitrogens with one attached hydrogen (secondary N) is 1. The Kier molecular flexibility index (Phi) is 6.34. The van der Waals surface area contributed by atoms with Gasteiger partial charge in [0, 0.05) is 13.1 Å². The van der Waals surface area contributed by atoms with E-state index in [0.29, 0.717) is 6.54 Å². The number of hydrogen-bond acceptors (Lipinski definition) is 5. The number of nitrogens with zero attached hydrogens (tertiary/aromatic N) is 3. The first-order valence-electron chi connectivity index (χ1n) is 5.98. The lowest BCUT2D eigenvalue weighted by Crippen LogP contribution is -2.33. The molecular weight excluding hydrogens is 261 g/mol. The molecule has 0 fully saturated rings. The molecule has 0 saturated heterocycles. The summed E-state index contributed by atoms with van der Waals surface area (Å²) in [6.07, 6.45) is -0.892. The Morgan fingerprint density at radius 3 is 2.79 bits per heavy atom.